The molecule has 6 heteroatoms. The zero-order valence-corrected chi connectivity index (χ0v) is 17.2. The van der Waals surface area contributed by atoms with Crippen molar-refractivity contribution in [2.75, 3.05) is 13.2 Å². The van der Waals surface area contributed by atoms with Crippen molar-refractivity contribution in [2.24, 2.45) is 0 Å². The van der Waals surface area contributed by atoms with Crippen molar-refractivity contribution in [1.82, 2.24) is 5.32 Å². The van der Waals surface area contributed by atoms with Gasteiger partial charge in [-0.3, -0.25) is 9.59 Å². The van der Waals surface area contributed by atoms with Crippen LogP contribution in [0.3, 0.4) is 0 Å². The summed E-state index contributed by atoms with van der Waals surface area (Å²) in [5.74, 6) is 0.166. The zero-order valence-electron chi connectivity index (χ0n) is 17.2. The molecule has 0 unspecified atom stereocenters. The number of hydrogen-bond donors (Lipinski definition) is 2. The highest BCUT2D eigenvalue weighted by atomic mass is 16.5. The summed E-state index contributed by atoms with van der Waals surface area (Å²) >= 11 is 0. The third kappa shape index (κ3) is 7.86. The van der Waals surface area contributed by atoms with Crippen LogP contribution in [0.15, 0.2) is 48.5 Å². The number of nitrogens with one attached hydrogen (secondary N) is 1. The molecule has 0 fully saturated rings. The maximum absolute atomic E-state index is 11.7. The Kier molecular flexibility index (Phi) is 8.07. The molecule has 0 saturated heterocycles. The van der Waals surface area contributed by atoms with E-state index in [-0.39, 0.29) is 30.7 Å². The zero-order chi connectivity index (χ0) is 21.3. The topological polar surface area (TPSA) is 84.9 Å². The molecule has 2 N–H and O–H groups in total. The van der Waals surface area contributed by atoms with Gasteiger partial charge in [-0.25, -0.2) is 0 Å². The number of amides is 1. The van der Waals surface area contributed by atoms with Crippen molar-refractivity contribution in [3.63, 3.8) is 0 Å². The number of carboxylic acids is 1. The van der Waals surface area contributed by atoms with E-state index < -0.39 is 5.97 Å². The van der Waals surface area contributed by atoms with Crippen molar-refractivity contribution < 1.29 is 24.2 Å². The summed E-state index contributed by atoms with van der Waals surface area (Å²) in [7, 11) is 0. The van der Waals surface area contributed by atoms with Crippen molar-refractivity contribution in [1.29, 1.82) is 0 Å². The molecule has 6 nitrogen and oxygen atoms in total. The molecule has 2 aromatic carbocycles. The maximum Gasteiger partial charge on any atom is 0.303 e. The van der Waals surface area contributed by atoms with Gasteiger partial charge in [0, 0.05) is 18.5 Å². The van der Waals surface area contributed by atoms with Crippen molar-refractivity contribution in [3.8, 4) is 11.5 Å². The van der Waals surface area contributed by atoms with E-state index in [0.717, 1.165) is 11.3 Å². The van der Waals surface area contributed by atoms with Crippen LogP contribution in [0.4, 0.5) is 0 Å². The highest BCUT2D eigenvalue weighted by Crippen LogP contribution is 2.24. The van der Waals surface area contributed by atoms with Gasteiger partial charge < -0.3 is 19.9 Å². The third-order valence-electron chi connectivity index (χ3n) is 4.34. The maximum atomic E-state index is 11.7. The molecule has 0 aliphatic carbocycles. The second-order valence-corrected chi connectivity index (χ2v) is 7.75. The number of benzene rings is 2. The molecule has 0 aliphatic heterocycles. The number of carbonyl (C=O) groups is 2. The Labute approximate surface area is 171 Å². The molecule has 2 aromatic rings. The summed E-state index contributed by atoms with van der Waals surface area (Å²) < 4.78 is 11.5. The molecule has 0 bridgehead atoms. The number of rotatable bonds is 10. The van der Waals surface area contributed by atoms with Crippen molar-refractivity contribution >= 4 is 11.9 Å². The van der Waals surface area contributed by atoms with Crippen LogP contribution in [0.25, 0.3) is 0 Å². The molecular weight excluding hydrogens is 370 g/mol. The van der Waals surface area contributed by atoms with Gasteiger partial charge in [0.1, 0.15) is 24.7 Å². The Hall–Kier alpha value is -3.02. The molecule has 0 aliphatic rings. The van der Waals surface area contributed by atoms with E-state index in [1.165, 1.54) is 5.56 Å². The molecule has 1 amide bonds. The van der Waals surface area contributed by atoms with Gasteiger partial charge in [-0.1, -0.05) is 51.1 Å². The number of aliphatic carboxylic acids is 1. The minimum Gasteiger partial charge on any atom is -0.490 e. The summed E-state index contributed by atoms with van der Waals surface area (Å²) in [6, 6.07) is 15.5. The SMILES string of the molecule is CC(C)(C)c1ccc(OCCOc2ccccc2CNC(=O)CCC(=O)O)cc1. The summed E-state index contributed by atoms with van der Waals surface area (Å²) in [5.41, 5.74) is 2.18. The van der Waals surface area contributed by atoms with Crippen LogP contribution in [-0.2, 0) is 21.5 Å². The Balaban J connectivity index is 1.79. The first-order chi connectivity index (χ1) is 13.8. The van der Waals surface area contributed by atoms with E-state index in [1.807, 2.05) is 36.4 Å². The van der Waals surface area contributed by atoms with Crippen LogP contribution in [0.2, 0.25) is 0 Å². The van der Waals surface area contributed by atoms with Gasteiger partial charge in [0.05, 0.1) is 6.42 Å². The van der Waals surface area contributed by atoms with Crippen molar-refractivity contribution in [3.05, 3.63) is 59.7 Å². The first-order valence-corrected chi connectivity index (χ1v) is 9.68. The van der Waals surface area contributed by atoms with E-state index in [2.05, 4.69) is 38.2 Å². The van der Waals surface area contributed by atoms with Gasteiger partial charge in [-0.15, -0.1) is 0 Å². The molecule has 0 aromatic heterocycles. The second-order valence-electron chi connectivity index (χ2n) is 7.75. The quantitative estimate of drug-likeness (QED) is 0.592. The van der Waals surface area contributed by atoms with Gasteiger partial charge >= 0.3 is 5.97 Å². The number of para-hydroxylation sites is 1. The Bertz CT molecular complexity index is 809. The van der Waals surface area contributed by atoms with Crippen LogP contribution in [0, 0.1) is 0 Å². The van der Waals surface area contributed by atoms with Crippen LogP contribution >= 0.6 is 0 Å². The Morgan fingerprint density at radius 2 is 1.59 bits per heavy atom. The molecule has 0 saturated carbocycles. The van der Waals surface area contributed by atoms with Crippen LogP contribution < -0.4 is 14.8 Å². The molecule has 2 rings (SSSR count). The Morgan fingerprint density at radius 3 is 2.24 bits per heavy atom. The number of carbonyl (C=O) groups excluding carboxylic acids is 1. The average molecular weight is 399 g/mol. The van der Waals surface area contributed by atoms with Gasteiger partial charge in [0.2, 0.25) is 5.91 Å². The van der Waals surface area contributed by atoms with Gasteiger partial charge in [0.15, 0.2) is 0 Å². The normalized spacial score (nSPS) is 11.0. The monoisotopic (exact) mass is 399 g/mol. The summed E-state index contributed by atoms with van der Waals surface area (Å²) in [4.78, 5) is 22.2. The molecular formula is C23H29NO5. The van der Waals surface area contributed by atoms with Gasteiger partial charge in [-0.05, 0) is 29.2 Å². The van der Waals surface area contributed by atoms with Gasteiger partial charge in [0.25, 0.3) is 0 Å². The lowest BCUT2D eigenvalue weighted by atomic mass is 9.87. The molecule has 0 atom stereocenters. The van der Waals surface area contributed by atoms with Crippen molar-refractivity contribution in [2.45, 2.75) is 45.6 Å². The molecule has 0 heterocycles. The molecule has 0 radical (unpaired) electrons. The number of hydrogen-bond acceptors (Lipinski definition) is 4. The lowest BCUT2D eigenvalue weighted by Crippen LogP contribution is -2.23. The first-order valence-electron chi connectivity index (χ1n) is 9.68. The highest BCUT2D eigenvalue weighted by molar-refractivity contribution is 5.80. The predicted molar refractivity (Wildman–Crippen MR) is 111 cm³/mol. The second kappa shape index (κ2) is 10.5. The third-order valence-corrected chi connectivity index (χ3v) is 4.34. The fourth-order valence-electron chi connectivity index (χ4n) is 2.66. The summed E-state index contributed by atoms with van der Waals surface area (Å²) in [6.07, 6.45) is -0.224. The first kappa shape index (κ1) is 22.3. The van der Waals surface area contributed by atoms with Crippen LogP contribution in [0.5, 0.6) is 11.5 Å². The fourth-order valence-corrected chi connectivity index (χ4v) is 2.66. The summed E-state index contributed by atoms with van der Waals surface area (Å²) in [6.45, 7) is 7.55. The minimum absolute atomic E-state index is 0.0415. The van der Waals surface area contributed by atoms with E-state index in [1.54, 1.807) is 0 Å². The lowest BCUT2D eigenvalue weighted by Gasteiger charge is -2.19. The number of carboxylic acid groups (broad SMARTS) is 1. The Morgan fingerprint density at radius 1 is 0.931 bits per heavy atom. The molecule has 156 valence electrons. The van der Waals surface area contributed by atoms with Crippen LogP contribution in [-0.4, -0.2) is 30.2 Å². The highest BCUT2D eigenvalue weighted by Gasteiger charge is 2.13. The minimum atomic E-state index is -0.989. The number of ether oxygens (including phenoxy) is 2. The van der Waals surface area contributed by atoms with Crippen LogP contribution in [0.1, 0.15) is 44.7 Å². The van der Waals surface area contributed by atoms with Gasteiger partial charge in [-0.2, -0.15) is 0 Å². The van der Waals surface area contributed by atoms with E-state index in [4.69, 9.17) is 14.6 Å². The average Bonchev–Trinajstić information content (AvgIpc) is 2.68. The van der Waals surface area contributed by atoms with E-state index in [0.29, 0.717) is 19.0 Å². The largest absolute Gasteiger partial charge is 0.490 e. The summed E-state index contributed by atoms with van der Waals surface area (Å²) in [5, 5.41) is 11.3. The van der Waals surface area contributed by atoms with E-state index in [9.17, 15) is 9.59 Å². The molecule has 29 heavy (non-hydrogen) atoms. The predicted octanol–water partition coefficient (Wildman–Crippen LogP) is 3.92. The fraction of sp³-hybridized carbons (Fsp3) is 0.391. The molecule has 0 spiro atoms. The standard InChI is InChI=1S/C23H29NO5/c1-23(2,3)18-8-10-19(11-9-18)28-14-15-29-20-7-5-4-6-17(20)16-24-21(25)12-13-22(26)27/h4-11H,12-16H2,1-3H3,(H,24,25)(H,26,27). The lowest BCUT2D eigenvalue weighted by molar-refractivity contribution is -0.138. The smallest absolute Gasteiger partial charge is 0.303 e. The van der Waals surface area contributed by atoms with E-state index >= 15 is 0 Å².